The molecule has 1 aromatic heterocycles. The smallest absolute Gasteiger partial charge is 0.231 e. The first-order valence-corrected chi connectivity index (χ1v) is 9.03. The molecule has 0 saturated heterocycles. The van der Waals surface area contributed by atoms with E-state index in [-0.39, 0.29) is 5.91 Å². The summed E-state index contributed by atoms with van der Waals surface area (Å²) in [4.78, 5) is 18.2. The first-order valence-electron chi connectivity index (χ1n) is 8.15. The van der Waals surface area contributed by atoms with Crippen LogP contribution in [-0.2, 0) is 11.2 Å². The fraction of sp³-hybridized carbons (Fsp3) is 0.316. The molecule has 1 fully saturated rings. The quantitative estimate of drug-likeness (QED) is 0.774. The number of thiazole rings is 1. The second-order valence-corrected chi connectivity index (χ2v) is 7.17. The first-order chi connectivity index (χ1) is 11.7. The summed E-state index contributed by atoms with van der Waals surface area (Å²) in [5.41, 5.74) is 5.92. The van der Waals surface area contributed by atoms with Crippen LogP contribution in [0.4, 0.5) is 5.69 Å². The van der Waals surface area contributed by atoms with Gasteiger partial charge in [-0.2, -0.15) is 5.26 Å². The number of allylic oxidation sites excluding steroid dienone is 2. The third-order valence-corrected chi connectivity index (χ3v) is 5.70. The Balaban J connectivity index is 1.69. The fourth-order valence-electron chi connectivity index (χ4n) is 3.48. The van der Waals surface area contributed by atoms with Crippen molar-refractivity contribution in [3.63, 3.8) is 0 Å². The molecule has 4 rings (SSSR count). The van der Waals surface area contributed by atoms with Crippen LogP contribution in [0.25, 0.3) is 16.8 Å². The van der Waals surface area contributed by atoms with Gasteiger partial charge in [0.05, 0.1) is 17.7 Å². The lowest BCUT2D eigenvalue weighted by atomic mass is 10.1. The largest absolute Gasteiger partial charge is 0.315 e. The third-order valence-electron chi connectivity index (χ3n) is 4.84. The Morgan fingerprint density at radius 1 is 1.33 bits per heavy atom. The Morgan fingerprint density at radius 2 is 2.12 bits per heavy atom. The van der Waals surface area contributed by atoms with Crippen LogP contribution in [-0.4, -0.2) is 17.9 Å². The number of amides is 1. The number of nitrogens with zero attached hydrogens (tertiary/aromatic N) is 3. The van der Waals surface area contributed by atoms with Crippen molar-refractivity contribution >= 4 is 28.5 Å². The van der Waals surface area contributed by atoms with Crippen molar-refractivity contribution in [2.45, 2.75) is 32.1 Å². The maximum absolute atomic E-state index is 11.8. The molecular weight excluding hydrogens is 318 g/mol. The van der Waals surface area contributed by atoms with Gasteiger partial charge in [-0.05, 0) is 49.0 Å². The second kappa shape index (κ2) is 5.88. The van der Waals surface area contributed by atoms with E-state index in [1.807, 2.05) is 30.6 Å². The van der Waals surface area contributed by atoms with Gasteiger partial charge < -0.3 is 4.90 Å². The van der Waals surface area contributed by atoms with E-state index in [4.69, 9.17) is 4.98 Å². The van der Waals surface area contributed by atoms with Gasteiger partial charge in [0.1, 0.15) is 11.1 Å². The molecule has 24 heavy (non-hydrogen) atoms. The number of fused-ring (bicyclic) bond motifs is 1. The summed E-state index contributed by atoms with van der Waals surface area (Å²) >= 11 is 1.53. The van der Waals surface area contributed by atoms with Crippen LogP contribution in [0, 0.1) is 11.3 Å². The Bertz CT molecular complexity index is 896. The lowest BCUT2D eigenvalue weighted by Gasteiger charge is -2.09. The van der Waals surface area contributed by atoms with Crippen LogP contribution >= 0.6 is 11.3 Å². The standard InChI is InChI=1S/C19H17N3OS/c1-22-17-7-6-13(8-14(17)9-18(22)23)16-11-24-19(21-16)15(10-20)12-4-2-3-5-12/h6-8,11H,2-5,9H2,1H3. The highest BCUT2D eigenvalue weighted by Gasteiger charge is 2.24. The SMILES string of the molecule is CN1C(=O)Cc2cc(-c3csc(C(C#N)=C4CCCC4)n3)ccc21. The van der Waals surface area contributed by atoms with Gasteiger partial charge in [-0.1, -0.05) is 6.07 Å². The zero-order chi connectivity index (χ0) is 16.7. The number of anilines is 1. The molecule has 1 aliphatic carbocycles. The molecule has 0 spiro atoms. The molecule has 0 unspecified atom stereocenters. The Labute approximate surface area is 145 Å². The predicted octanol–water partition coefficient (Wildman–Crippen LogP) is 4.18. The number of benzene rings is 1. The normalized spacial score (nSPS) is 16.4. The maximum atomic E-state index is 11.8. The number of rotatable bonds is 2. The van der Waals surface area contributed by atoms with Gasteiger partial charge >= 0.3 is 0 Å². The van der Waals surface area contributed by atoms with Crippen LogP contribution in [0.1, 0.15) is 36.3 Å². The van der Waals surface area contributed by atoms with E-state index in [1.54, 1.807) is 4.90 Å². The molecule has 120 valence electrons. The lowest BCUT2D eigenvalue weighted by Crippen LogP contribution is -2.20. The minimum Gasteiger partial charge on any atom is -0.315 e. The predicted molar refractivity (Wildman–Crippen MR) is 95.7 cm³/mol. The Kier molecular flexibility index (Phi) is 3.70. The number of hydrogen-bond acceptors (Lipinski definition) is 4. The summed E-state index contributed by atoms with van der Waals surface area (Å²) in [6, 6.07) is 8.38. The van der Waals surface area contributed by atoms with Crippen LogP contribution in [0.3, 0.4) is 0 Å². The summed E-state index contributed by atoms with van der Waals surface area (Å²) < 4.78 is 0. The molecule has 2 aliphatic rings. The van der Waals surface area contributed by atoms with Crippen molar-refractivity contribution in [1.29, 1.82) is 5.26 Å². The van der Waals surface area contributed by atoms with Crippen molar-refractivity contribution in [2.24, 2.45) is 0 Å². The Morgan fingerprint density at radius 3 is 2.88 bits per heavy atom. The molecule has 2 aromatic rings. The first kappa shape index (κ1) is 15.1. The average molecular weight is 335 g/mol. The molecule has 5 heteroatoms. The molecule has 1 aromatic carbocycles. The van der Waals surface area contributed by atoms with E-state index in [0.29, 0.717) is 6.42 Å². The lowest BCUT2D eigenvalue weighted by molar-refractivity contribution is -0.117. The number of likely N-dealkylation sites (N-methyl/N-ethyl adjacent to an activating group) is 1. The number of hydrogen-bond donors (Lipinski definition) is 0. The molecule has 0 radical (unpaired) electrons. The van der Waals surface area contributed by atoms with E-state index in [1.165, 1.54) is 29.8 Å². The highest BCUT2D eigenvalue weighted by Crippen LogP contribution is 2.36. The van der Waals surface area contributed by atoms with Gasteiger partial charge in [-0.15, -0.1) is 11.3 Å². The van der Waals surface area contributed by atoms with E-state index in [0.717, 1.165) is 45.9 Å². The molecule has 2 heterocycles. The van der Waals surface area contributed by atoms with E-state index in [9.17, 15) is 10.1 Å². The van der Waals surface area contributed by atoms with Crippen molar-refractivity contribution in [2.75, 3.05) is 11.9 Å². The van der Waals surface area contributed by atoms with Crippen LogP contribution in [0.2, 0.25) is 0 Å². The summed E-state index contributed by atoms with van der Waals surface area (Å²) in [5.74, 6) is 0.124. The topological polar surface area (TPSA) is 57.0 Å². The second-order valence-electron chi connectivity index (χ2n) is 6.31. The molecule has 1 amide bonds. The minimum absolute atomic E-state index is 0.124. The zero-order valence-electron chi connectivity index (χ0n) is 13.5. The zero-order valence-corrected chi connectivity index (χ0v) is 14.3. The van der Waals surface area contributed by atoms with Gasteiger partial charge in [0.15, 0.2) is 0 Å². The Hall–Kier alpha value is -2.45. The molecule has 1 saturated carbocycles. The summed E-state index contributed by atoms with van der Waals surface area (Å²) in [6.45, 7) is 0. The molecule has 0 atom stereocenters. The molecular formula is C19H17N3OS. The molecule has 4 nitrogen and oxygen atoms in total. The average Bonchev–Trinajstić information content (AvgIpc) is 3.31. The monoisotopic (exact) mass is 335 g/mol. The molecule has 0 N–H and O–H groups in total. The van der Waals surface area contributed by atoms with Crippen LogP contribution in [0.5, 0.6) is 0 Å². The van der Waals surface area contributed by atoms with Crippen LogP contribution < -0.4 is 4.90 Å². The number of nitriles is 1. The third kappa shape index (κ3) is 2.44. The summed E-state index contributed by atoms with van der Waals surface area (Å²) in [5, 5.41) is 12.3. The van der Waals surface area contributed by atoms with E-state index < -0.39 is 0 Å². The number of carbonyl (C=O) groups excluding carboxylic acids is 1. The minimum atomic E-state index is 0.124. The van der Waals surface area contributed by atoms with Gasteiger partial charge in [0.2, 0.25) is 5.91 Å². The molecule has 1 aliphatic heterocycles. The van der Waals surface area contributed by atoms with Crippen molar-refractivity contribution < 1.29 is 4.79 Å². The van der Waals surface area contributed by atoms with Gasteiger partial charge in [0, 0.05) is 23.7 Å². The van der Waals surface area contributed by atoms with E-state index >= 15 is 0 Å². The highest BCUT2D eigenvalue weighted by atomic mass is 32.1. The van der Waals surface area contributed by atoms with Crippen LogP contribution in [0.15, 0.2) is 29.2 Å². The van der Waals surface area contributed by atoms with Crippen molar-refractivity contribution in [1.82, 2.24) is 4.98 Å². The molecule has 0 bridgehead atoms. The van der Waals surface area contributed by atoms with Gasteiger partial charge in [-0.3, -0.25) is 4.79 Å². The van der Waals surface area contributed by atoms with E-state index in [2.05, 4.69) is 6.07 Å². The summed E-state index contributed by atoms with van der Waals surface area (Å²) in [6.07, 6.45) is 4.83. The number of aromatic nitrogens is 1. The van der Waals surface area contributed by atoms with Crippen molar-refractivity contribution in [3.8, 4) is 17.3 Å². The fourth-order valence-corrected chi connectivity index (χ4v) is 4.35. The van der Waals surface area contributed by atoms with Gasteiger partial charge in [0.25, 0.3) is 0 Å². The number of carbonyl (C=O) groups is 1. The maximum Gasteiger partial charge on any atom is 0.231 e. The van der Waals surface area contributed by atoms with Crippen molar-refractivity contribution in [3.05, 3.63) is 39.7 Å². The highest BCUT2D eigenvalue weighted by molar-refractivity contribution is 7.11. The summed E-state index contributed by atoms with van der Waals surface area (Å²) in [7, 11) is 1.81. The van der Waals surface area contributed by atoms with Gasteiger partial charge in [-0.25, -0.2) is 4.98 Å².